The lowest BCUT2D eigenvalue weighted by Gasteiger charge is -2.07. The van der Waals surface area contributed by atoms with Gasteiger partial charge in [-0.15, -0.1) is 0 Å². The van der Waals surface area contributed by atoms with Gasteiger partial charge >= 0.3 is 6.03 Å². The van der Waals surface area contributed by atoms with Crippen molar-refractivity contribution in [2.24, 2.45) is 13.0 Å². The summed E-state index contributed by atoms with van der Waals surface area (Å²) in [6.45, 7) is 2.12. The lowest BCUT2D eigenvalue weighted by atomic mass is 10.2. The van der Waals surface area contributed by atoms with E-state index in [0.717, 1.165) is 17.7 Å². The van der Waals surface area contributed by atoms with Gasteiger partial charge in [0.1, 0.15) is 6.33 Å². The van der Waals surface area contributed by atoms with Gasteiger partial charge in [-0.1, -0.05) is 6.92 Å². The maximum Gasteiger partial charge on any atom is 0.319 e. The molecule has 0 bridgehead atoms. The van der Waals surface area contributed by atoms with Crippen LogP contribution in [0.25, 0.3) is 11.4 Å². The highest BCUT2D eigenvalue weighted by Gasteiger charge is 2.33. The molecule has 6 heteroatoms. The van der Waals surface area contributed by atoms with Gasteiger partial charge in [-0.25, -0.2) is 9.78 Å². The maximum atomic E-state index is 11.7. The molecule has 1 heterocycles. The zero-order chi connectivity index (χ0) is 14.1. The Morgan fingerprint density at radius 1 is 1.35 bits per heavy atom. The average Bonchev–Trinajstić information content (AvgIpc) is 2.93. The zero-order valence-corrected chi connectivity index (χ0v) is 11.5. The minimum absolute atomic E-state index is 0.150. The number of carbonyl (C=O) groups is 1. The van der Waals surface area contributed by atoms with Crippen LogP contribution in [0.5, 0.6) is 0 Å². The number of urea groups is 1. The lowest BCUT2D eigenvalue weighted by molar-refractivity contribution is 0.251. The number of rotatable bonds is 3. The summed E-state index contributed by atoms with van der Waals surface area (Å²) in [5, 5.41) is 9.98. The summed E-state index contributed by atoms with van der Waals surface area (Å²) in [6, 6.07) is 7.66. The Morgan fingerprint density at radius 2 is 2.05 bits per heavy atom. The average molecular weight is 271 g/mol. The monoisotopic (exact) mass is 271 g/mol. The molecule has 3 rings (SSSR count). The highest BCUT2D eigenvalue weighted by atomic mass is 16.2. The summed E-state index contributed by atoms with van der Waals surface area (Å²) in [5.74, 6) is 1.27. The molecule has 104 valence electrons. The van der Waals surface area contributed by atoms with Gasteiger partial charge in [0.25, 0.3) is 0 Å². The first-order valence-corrected chi connectivity index (χ1v) is 6.65. The van der Waals surface area contributed by atoms with Crippen molar-refractivity contribution < 1.29 is 4.79 Å². The number of nitrogens with one attached hydrogen (secondary N) is 2. The van der Waals surface area contributed by atoms with Gasteiger partial charge < -0.3 is 10.6 Å². The van der Waals surface area contributed by atoms with Crippen molar-refractivity contribution >= 4 is 11.7 Å². The quantitative estimate of drug-likeness (QED) is 0.897. The van der Waals surface area contributed by atoms with Crippen LogP contribution in [0.1, 0.15) is 13.3 Å². The maximum absolute atomic E-state index is 11.7. The number of benzene rings is 1. The summed E-state index contributed by atoms with van der Waals surface area (Å²) in [7, 11) is 1.83. The molecule has 1 aromatic heterocycles. The lowest BCUT2D eigenvalue weighted by Crippen LogP contribution is -2.31. The molecule has 0 aliphatic heterocycles. The van der Waals surface area contributed by atoms with E-state index in [9.17, 15) is 4.79 Å². The summed E-state index contributed by atoms with van der Waals surface area (Å²) in [4.78, 5) is 15.9. The first-order chi connectivity index (χ1) is 9.61. The summed E-state index contributed by atoms with van der Waals surface area (Å²) < 4.78 is 1.66. The fourth-order valence-corrected chi connectivity index (χ4v) is 2.03. The number of hydrogen-bond acceptors (Lipinski definition) is 3. The first kappa shape index (κ1) is 12.7. The van der Waals surface area contributed by atoms with Crippen molar-refractivity contribution in [2.75, 3.05) is 5.32 Å². The van der Waals surface area contributed by atoms with Gasteiger partial charge in [-0.2, -0.15) is 5.10 Å². The molecule has 1 fully saturated rings. The smallest absolute Gasteiger partial charge is 0.319 e. The zero-order valence-electron chi connectivity index (χ0n) is 11.5. The van der Waals surface area contributed by atoms with Crippen LogP contribution in [0.3, 0.4) is 0 Å². The van der Waals surface area contributed by atoms with Gasteiger partial charge in [0.2, 0.25) is 0 Å². The van der Waals surface area contributed by atoms with Crippen LogP contribution < -0.4 is 10.6 Å². The largest absolute Gasteiger partial charge is 0.335 e. The van der Waals surface area contributed by atoms with E-state index in [2.05, 4.69) is 27.6 Å². The number of aromatic nitrogens is 3. The Balaban J connectivity index is 1.62. The standard InChI is InChI=1S/C14H17N5O/c1-9-7-12(9)17-14(20)16-11-5-3-10(4-6-11)13-15-8-19(2)18-13/h3-6,8-9,12H,7H2,1-2H3,(H2,16,17,20)/t9-,12+/m0/s1. The van der Waals surface area contributed by atoms with Crippen molar-refractivity contribution in [3.63, 3.8) is 0 Å². The van der Waals surface area contributed by atoms with Crippen LogP contribution in [0.15, 0.2) is 30.6 Å². The summed E-state index contributed by atoms with van der Waals surface area (Å²) in [5.41, 5.74) is 1.68. The minimum Gasteiger partial charge on any atom is -0.335 e. The Hall–Kier alpha value is -2.37. The van der Waals surface area contributed by atoms with Gasteiger partial charge in [-0.3, -0.25) is 4.68 Å². The third-order valence-electron chi connectivity index (χ3n) is 3.43. The van der Waals surface area contributed by atoms with Crippen LogP contribution in [-0.4, -0.2) is 26.8 Å². The molecule has 1 aliphatic rings. The molecular formula is C14H17N5O. The number of anilines is 1. The highest BCUT2D eigenvalue weighted by molar-refractivity contribution is 5.89. The molecule has 2 atom stereocenters. The Bertz CT molecular complexity index is 619. The number of amides is 2. The molecule has 2 amide bonds. The number of nitrogens with zero attached hydrogens (tertiary/aromatic N) is 3. The second-order valence-electron chi connectivity index (χ2n) is 5.24. The SMILES string of the molecule is C[C@H]1C[C@H]1NC(=O)Nc1ccc(-c2ncn(C)n2)cc1. The Kier molecular flexibility index (Phi) is 3.14. The van der Waals surface area contributed by atoms with Crippen molar-refractivity contribution in [1.82, 2.24) is 20.1 Å². The second-order valence-corrected chi connectivity index (χ2v) is 5.24. The van der Waals surface area contributed by atoms with E-state index in [1.807, 2.05) is 31.3 Å². The Labute approximate surface area is 117 Å². The summed E-state index contributed by atoms with van der Waals surface area (Å²) >= 11 is 0. The van der Waals surface area contributed by atoms with Crippen molar-refractivity contribution in [3.8, 4) is 11.4 Å². The van der Waals surface area contributed by atoms with E-state index < -0.39 is 0 Å². The molecule has 20 heavy (non-hydrogen) atoms. The third kappa shape index (κ3) is 2.79. The normalized spacial score (nSPS) is 20.5. The van der Waals surface area contributed by atoms with Gasteiger partial charge in [0, 0.05) is 24.3 Å². The molecular weight excluding hydrogens is 254 g/mol. The molecule has 2 aromatic rings. The van der Waals surface area contributed by atoms with E-state index in [1.54, 1.807) is 11.0 Å². The number of aryl methyl sites for hydroxylation is 1. The predicted molar refractivity (Wildman–Crippen MR) is 76.2 cm³/mol. The fraction of sp³-hybridized carbons (Fsp3) is 0.357. The predicted octanol–water partition coefficient (Wildman–Crippen LogP) is 2.01. The molecule has 0 spiro atoms. The number of carbonyl (C=O) groups excluding carboxylic acids is 1. The van der Waals surface area contributed by atoms with E-state index in [4.69, 9.17) is 0 Å². The van der Waals surface area contributed by atoms with Crippen LogP contribution in [0.2, 0.25) is 0 Å². The van der Waals surface area contributed by atoms with Crippen LogP contribution >= 0.6 is 0 Å². The van der Waals surface area contributed by atoms with Gasteiger partial charge in [-0.05, 0) is 36.6 Å². The van der Waals surface area contributed by atoms with E-state index in [1.165, 1.54) is 0 Å². The van der Waals surface area contributed by atoms with Crippen molar-refractivity contribution in [1.29, 1.82) is 0 Å². The molecule has 0 unspecified atom stereocenters. The molecule has 1 saturated carbocycles. The van der Waals surface area contributed by atoms with Crippen molar-refractivity contribution in [3.05, 3.63) is 30.6 Å². The Morgan fingerprint density at radius 3 is 2.60 bits per heavy atom. The van der Waals surface area contributed by atoms with E-state index in [-0.39, 0.29) is 6.03 Å². The molecule has 1 aromatic carbocycles. The topological polar surface area (TPSA) is 71.8 Å². The second kappa shape index (κ2) is 4.96. The van der Waals surface area contributed by atoms with Gasteiger partial charge in [0.05, 0.1) is 0 Å². The van der Waals surface area contributed by atoms with E-state index in [0.29, 0.717) is 17.8 Å². The van der Waals surface area contributed by atoms with Gasteiger partial charge in [0.15, 0.2) is 5.82 Å². The summed E-state index contributed by atoms with van der Waals surface area (Å²) in [6.07, 6.45) is 2.73. The third-order valence-corrected chi connectivity index (χ3v) is 3.43. The van der Waals surface area contributed by atoms with E-state index >= 15 is 0 Å². The molecule has 2 N–H and O–H groups in total. The molecule has 6 nitrogen and oxygen atoms in total. The van der Waals surface area contributed by atoms with Crippen molar-refractivity contribution in [2.45, 2.75) is 19.4 Å². The molecule has 0 saturated heterocycles. The van der Waals surface area contributed by atoms with Crippen LogP contribution in [-0.2, 0) is 7.05 Å². The van der Waals surface area contributed by atoms with Crippen LogP contribution in [0, 0.1) is 5.92 Å². The fourth-order valence-electron chi connectivity index (χ4n) is 2.03. The number of hydrogen-bond donors (Lipinski definition) is 2. The highest BCUT2D eigenvalue weighted by Crippen LogP contribution is 2.29. The minimum atomic E-state index is -0.150. The first-order valence-electron chi connectivity index (χ1n) is 6.65. The molecule has 0 radical (unpaired) electrons. The van der Waals surface area contributed by atoms with Crippen LogP contribution in [0.4, 0.5) is 10.5 Å². The molecule has 1 aliphatic carbocycles.